The Morgan fingerprint density at radius 1 is 1.30 bits per heavy atom. The Labute approximate surface area is 127 Å². The second kappa shape index (κ2) is 6.97. The lowest BCUT2D eigenvalue weighted by molar-refractivity contribution is -0.159. The Morgan fingerprint density at radius 3 is 2.65 bits per heavy atom. The smallest absolute Gasteiger partial charge is 0.354 e. The molecule has 1 aromatic rings. The molecule has 1 aliphatic rings. The van der Waals surface area contributed by atoms with Gasteiger partial charge in [0.05, 0.1) is 6.61 Å². The summed E-state index contributed by atoms with van der Waals surface area (Å²) in [7, 11) is 0. The van der Waals surface area contributed by atoms with E-state index in [0.29, 0.717) is 17.3 Å². The molecule has 0 fully saturated rings. The van der Waals surface area contributed by atoms with E-state index in [9.17, 15) is 4.79 Å². The zero-order valence-corrected chi connectivity index (χ0v) is 12.5. The van der Waals surface area contributed by atoms with Crippen LogP contribution >= 0.6 is 23.2 Å². The van der Waals surface area contributed by atoms with Crippen molar-refractivity contribution < 1.29 is 14.3 Å². The molecule has 1 atom stereocenters. The minimum atomic E-state index is -0.780. The van der Waals surface area contributed by atoms with Crippen molar-refractivity contribution in [2.24, 2.45) is 0 Å². The molecule has 2 rings (SSSR count). The van der Waals surface area contributed by atoms with Crippen molar-refractivity contribution in [2.45, 2.75) is 26.1 Å². The van der Waals surface area contributed by atoms with Gasteiger partial charge in [-0.1, -0.05) is 36.5 Å². The van der Waals surface area contributed by atoms with Crippen molar-refractivity contribution in [2.75, 3.05) is 11.9 Å². The summed E-state index contributed by atoms with van der Waals surface area (Å²) in [5, 5.41) is 3.69. The number of hydrogen-bond acceptors (Lipinski definition) is 4. The molecule has 1 aromatic carbocycles. The van der Waals surface area contributed by atoms with E-state index in [0.717, 1.165) is 18.5 Å². The lowest BCUT2D eigenvalue weighted by Crippen LogP contribution is -2.21. The quantitative estimate of drug-likeness (QED) is 0.639. The van der Waals surface area contributed by atoms with E-state index in [1.165, 1.54) is 0 Å². The number of carbonyl (C=O) groups is 1. The predicted octanol–water partition coefficient (Wildman–Crippen LogP) is 3.90. The molecule has 20 heavy (non-hydrogen) atoms. The van der Waals surface area contributed by atoms with E-state index in [2.05, 4.69) is 12.2 Å². The molecule has 0 aromatic heterocycles. The monoisotopic (exact) mass is 315 g/mol. The molecule has 0 saturated heterocycles. The van der Waals surface area contributed by atoms with Gasteiger partial charge < -0.3 is 14.8 Å². The van der Waals surface area contributed by atoms with Crippen LogP contribution in [-0.2, 0) is 14.3 Å². The van der Waals surface area contributed by atoms with Gasteiger partial charge >= 0.3 is 5.97 Å². The fourth-order valence-corrected chi connectivity index (χ4v) is 1.98. The fourth-order valence-electron chi connectivity index (χ4n) is 1.68. The Morgan fingerprint density at radius 2 is 2.00 bits per heavy atom. The van der Waals surface area contributed by atoms with E-state index in [1.807, 2.05) is 0 Å². The Hall–Kier alpha value is -1.23. The molecule has 1 aliphatic heterocycles. The molecule has 1 unspecified atom stereocenters. The molecule has 0 radical (unpaired) electrons. The highest BCUT2D eigenvalue weighted by atomic mass is 35.5. The summed E-state index contributed by atoms with van der Waals surface area (Å²) in [6.45, 7) is 2.56. The van der Waals surface area contributed by atoms with Gasteiger partial charge in [-0.2, -0.15) is 0 Å². The van der Waals surface area contributed by atoms with Crippen LogP contribution in [0.2, 0.25) is 5.02 Å². The van der Waals surface area contributed by atoms with Gasteiger partial charge in [0.25, 0.3) is 0 Å². The zero-order valence-electron chi connectivity index (χ0n) is 11.0. The molecule has 0 saturated carbocycles. The van der Waals surface area contributed by atoms with Crippen molar-refractivity contribution in [1.29, 1.82) is 0 Å². The van der Waals surface area contributed by atoms with Crippen molar-refractivity contribution in [3.8, 4) is 0 Å². The molecule has 0 aliphatic carbocycles. The number of benzene rings is 1. The summed E-state index contributed by atoms with van der Waals surface area (Å²) in [6.07, 6.45) is 1.11. The lowest BCUT2D eigenvalue weighted by atomic mass is 10.3. The minimum Gasteiger partial charge on any atom is -0.425 e. The van der Waals surface area contributed by atoms with Gasteiger partial charge in [-0.15, -0.1) is 0 Å². The highest BCUT2D eigenvalue weighted by Gasteiger charge is 2.34. The average molecular weight is 316 g/mol. The number of esters is 1. The Bertz CT molecular complexity index is 514. The Kier molecular flexibility index (Phi) is 5.29. The van der Waals surface area contributed by atoms with E-state index in [4.69, 9.17) is 32.7 Å². The summed E-state index contributed by atoms with van der Waals surface area (Å²) >= 11 is 11.8. The molecule has 4 nitrogen and oxygen atoms in total. The first-order valence-corrected chi connectivity index (χ1v) is 7.12. The third kappa shape index (κ3) is 3.66. The summed E-state index contributed by atoms with van der Waals surface area (Å²) in [5.74, 6) is -0.579. The van der Waals surface area contributed by atoms with E-state index in [-0.39, 0.29) is 5.03 Å². The standard InChI is InChI=1S/C14H15Cl2NO3/c1-2-3-8-19-14-12(11(16)13(18)20-14)17-10-6-4-9(15)5-7-10/h4-7,14,17H,2-3,8H2,1H3. The number of hydrogen-bond donors (Lipinski definition) is 1. The average Bonchev–Trinajstić information content (AvgIpc) is 2.69. The largest absolute Gasteiger partial charge is 0.425 e. The minimum absolute atomic E-state index is 0.0152. The second-order valence-electron chi connectivity index (χ2n) is 4.32. The summed E-state index contributed by atoms with van der Waals surface area (Å²) < 4.78 is 10.6. The second-order valence-corrected chi connectivity index (χ2v) is 5.14. The van der Waals surface area contributed by atoms with Gasteiger partial charge in [0, 0.05) is 10.7 Å². The maximum Gasteiger partial charge on any atom is 0.354 e. The number of nitrogens with one attached hydrogen (secondary N) is 1. The van der Waals surface area contributed by atoms with Crippen LogP contribution in [0.15, 0.2) is 35.0 Å². The number of rotatable bonds is 6. The molecule has 1 heterocycles. The molecule has 6 heteroatoms. The van der Waals surface area contributed by atoms with Crippen LogP contribution in [0.1, 0.15) is 19.8 Å². The highest BCUT2D eigenvalue weighted by Crippen LogP contribution is 2.28. The number of anilines is 1. The normalized spacial score (nSPS) is 18.4. The van der Waals surface area contributed by atoms with E-state index < -0.39 is 12.3 Å². The lowest BCUT2D eigenvalue weighted by Gasteiger charge is -2.16. The molecule has 108 valence electrons. The fraction of sp³-hybridized carbons (Fsp3) is 0.357. The topological polar surface area (TPSA) is 47.6 Å². The molecule has 0 spiro atoms. The van der Waals surface area contributed by atoms with Gasteiger partial charge in [0.15, 0.2) is 5.03 Å². The number of halogens is 2. The van der Waals surface area contributed by atoms with Crippen LogP contribution in [0.4, 0.5) is 5.69 Å². The maximum atomic E-state index is 11.5. The van der Waals surface area contributed by atoms with Gasteiger partial charge in [-0.3, -0.25) is 0 Å². The van der Waals surface area contributed by atoms with Crippen LogP contribution < -0.4 is 5.32 Å². The first-order valence-electron chi connectivity index (χ1n) is 6.36. The third-order valence-electron chi connectivity index (χ3n) is 2.76. The van der Waals surface area contributed by atoms with Crippen LogP contribution in [0, 0.1) is 0 Å². The van der Waals surface area contributed by atoms with Gasteiger partial charge in [0.1, 0.15) is 5.70 Å². The van der Waals surface area contributed by atoms with Gasteiger partial charge in [-0.05, 0) is 30.7 Å². The van der Waals surface area contributed by atoms with Crippen LogP contribution in [-0.4, -0.2) is 18.9 Å². The van der Waals surface area contributed by atoms with Crippen molar-refractivity contribution in [1.82, 2.24) is 0 Å². The molecule has 0 amide bonds. The van der Waals surface area contributed by atoms with Gasteiger partial charge in [-0.25, -0.2) is 4.79 Å². The number of cyclic esters (lactones) is 1. The first-order chi connectivity index (χ1) is 9.61. The maximum absolute atomic E-state index is 11.5. The summed E-state index contributed by atoms with van der Waals surface area (Å²) in [6, 6.07) is 7.04. The SMILES string of the molecule is CCCCOC1OC(=O)C(Cl)=C1Nc1ccc(Cl)cc1. The van der Waals surface area contributed by atoms with Crippen molar-refractivity contribution >= 4 is 34.9 Å². The summed E-state index contributed by atoms with van der Waals surface area (Å²) in [5.41, 5.74) is 1.18. The van der Waals surface area contributed by atoms with E-state index in [1.54, 1.807) is 24.3 Å². The number of unbranched alkanes of at least 4 members (excludes halogenated alkanes) is 1. The zero-order chi connectivity index (χ0) is 14.5. The third-order valence-corrected chi connectivity index (χ3v) is 3.37. The number of ether oxygens (including phenoxy) is 2. The molecule has 1 N–H and O–H groups in total. The van der Waals surface area contributed by atoms with Crippen LogP contribution in [0.3, 0.4) is 0 Å². The Balaban J connectivity index is 2.08. The predicted molar refractivity (Wildman–Crippen MR) is 78.7 cm³/mol. The molecular formula is C14H15Cl2NO3. The van der Waals surface area contributed by atoms with Crippen LogP contribution in [0.25, 0.3) is 0 Å². The van der Waals surface area contributed by atoms with Crippen molar-refractivity contribution in [3.63, 3.8) is 0 Å². The van der Waals surface area contributed by atoms with E-state index >= 15 is 0 Å². The molecule has 0 bridgehead atoms. The highest BCUT2D eigenvalue weighted by molar-refractivity contribution is 6.42. The molecular weight excluding hydrogens is 301 g/mol. The first kappa shape index (κ1) is 15.2. The number of carbonyl (C=O) groups excluding carboxylic acids is 1. The van der Waals surface area contributed by atoms with Gasteiger partial charge in [0.2, 0.25) is 6.29 Å². The van der Waals surface area contributed by atoms with Crippen LogP contribution in [0.5, 0.6) is 0 Å². The van der Waals surface area contributed by atoms with Crippen molar-refractivity contribution in [3.05, 3.63) is 40.0 Å². The summed E-state index contributed by atoms with van der Waals surface area (Å²) in [4.78, 5) is 11.5.